The van der Waals surface area contributed by atoms with E-state index in [-0.39, 0.29) is 6.04 Å². The molecule has 2 nitrogen and oxygen atoms in total. The van der Waals surface area contributed by atoms with Gasteiger partial charge in [-0.25, -0.2) is 8.78 Å². The molecule has 0 heterocycles. The van der Waals surface area contributed by atoms with Crippen molar-refractivity contribution < 1.29 is 8.78 Å². The van der Waals surface area contributed by atoms with Crippen molar-refractivity contribution in [2.24, 2.45) is 0 Å². The Morgan fingerprint density at radius 2 is 1.85 bits per heavy atom. The largest absolute Gasteiger partial charge is 0.306 e. The van der Waals surface area contributed by atoms with Crippen LogP contribution in [-0.4, -0.2) is 0 Å². The van der Waals surface area contributed by atoms with E-state index in [0.29, 0.717) is 17.7 Å². The van der Waals surface area contributed by atoms with Crippen molar-refractivity contribution in [3.63, 3.8) is 0 Å². The minimum Gasteiger partial charge on any atom is -0.306 e. The first-order chi connectivity index (χ1) is 9.60. The maximum atomic E-state index is 13.6. The summed E-state index contributed by atoms with van der Waals surface area (Å²) in [6.07, 6.45) is 0. The van der Waals surface area contributed by atoms with Crippen molar-refractivity contribution in [3.05, 3.63) is 70.8 Å². The second-order valence-corrected chi connectivity index (χ2v) is 4.58. The van der Waals surface area contributed by atoms with Crippen molar-refractivity contribution in [2.45, 2.75) is 19.5 Å². The molecule has 0 spiro atoms. The number of rotatable bonds is 4. The molecule has 0 fully saturated rings. The number of nitriles is 1. The van der Waals surface area contributed by atoms with Gasteiger partial charge in [-0.1, -0.05) is 18.2 Å². The lowest BCUT2D eigenvalue weighted by atomic mass is 10.1. The fourth-order valence-electron chi connectivity index (χ4n) is 1.93. The molecule has 0 amide bonds. The number of nitrogens with zero attached hydrogens (tertiary/aromatic N) is 1. The van der Waals surface area contributed by atoms with Crippen molar-refractivity contribution in [1.82, 2.24) is 5.32 Å². The van der Waals surface area contributed by atoms with E-state index in [1.165, 1.54) is 12.1 Å². The second kappa shape index (κ2) is 6.27. The van der Waals surface area contributed by atoms with Crippen LogP contribution in [0.3, 0.4) is 0 Å². The number of halogens is 2. The first kappa shape index (κ1) is 14.2. The molecule has 2 aromatic carbocycles. The molecule has 1 N–H and O–H groups in total. The molecular formula is C16H14F2N2. The van der Waals surface area contributed by atoms with Crippen LogP contribution in [0.1, 0.15) is 29.7 Å². The van der Waals surface area contributed by atoms with E-state index in [0.717, 1.165) is 11.6 Å². The monoisotopic (exact) mass is 272 g/mol. The predicted octanol–water partition coefficient (Wildman–Crippen LogP) is 3.69. The van der Waals surface area contributed by atoms with Crippen LogP contribution >= 0.6 is 0 Å². The van der Waals surface area contributed by atoms with E-state index in [1.54, 1.807) is 12.1 Å². The zero-order chi connectivity index (χ0) is 14.5. The van der Waals surface area contributed by atoms with E-state index in [9.17, 15) is 8.78 Å². The Morgan fingerprint density at radius 3 is 2.45 bits per heavy atom. The molecule has 0 aliphatic rings. The van der Waals surface area contributed by atoms with Gasteiger partial charge in [0.1, 0.15) is 11.6 Å². The van der Waals surface area contributed by atoms with Crippen molar-refractivity contribution in [1.29, 1.82) is 5.26 Å². The third-order valence-electron chi connectivity index (χ3n) is 3.12. The summed E-state index contributed by atoms with van der Waals surface area (Å²) in [6.45, 7) is 2.36. The Labute approximate surface area is 116 Å². The summed E-state index contributed by atoms with van der Waals surface area (Å²) < 4.78 is 26.5. The zero-order valence-electron chi connectivity index (χ0n) is 11.0. The summed E-state index contributed by atoms with van der Waals surface area (Å²) in [5.74, 6) is -1.13. The zero-order valence-corrected chi connectivity index (χ0v) is 11.0. The second-order valence-electron chi connectivity index (χ2n) is 4.58. The summed E-state index contributed by atoms with van der Waals surface area (Å²) in [5, 5.41) is 11.9. The van der Waals surface area contributed by atoms with E-state index in [1.807, 2.05) is 19.1 Å². The maximum Gasteiger partial charge on any atom is 0.130 e. The first-order valence-electron chi connectivity index (χ1n) is 6.27. The molecule has 0 saturated carbocycles. The highest BCUT2D eigenvalue weighted by atomic mass is 19.1. The molecule has 0 saturated heterocycles. The molecule has 0 aliphatic carbocycles. The highest BCUT2D eigenvalue weighted by Crippen LogP contribution is 2.18. The van der Waals surface area contributed by atoms with Gasteiger partial charge in [0.05, 0.1) is 11.6 Å². The highest BCUT2D eigenvalue weighted by Gasteiger charge is 2.11. The van der Waals surface area contributed by atoms with E-state index in [4.69, 9.17) is 5.26 Å². The third kappa shape index (κ3) is 3.40. The Morgan fingerprint density at radius 1 is 1.15 bits per heavy atom. The van der Waals surface area contributed by atoms with Gasteiger partial charge in [-0.15, -0.1) is 0 Å². The number of nitrogens with one attached hydrogen (secondary N) is 1. The summed E-state index contributed by atoms with van der Waals surface area (Å²) in [7, 11) is 0. The van der Waals surface area contributed by atoms with Gasteiger partial charge in [0.25, 0.3) is 0 Å². The van der Waals surface area contributed by atoms with Crippen molar-refractivity contribution in [3.8, 4) is 6.07 Å². The first-order valence-corrected chi connectivity index (χ1v) is 6.27. The van der Waals surface area contributed by atoms with Crippen LogP contribution in [0.4, 0.5) is 8.78 Å². The topological polar surface area (TPSA) is 35.8 Å². The van der Waals surface area contributed by atoms with E-state index < -0.39 is 11.6 Å². The molecule has 2 rings (SSSR count). The minimum absolute atomic E-state index is 0.230. The van der Waals surface area contributed by atoms with Crippen LogP contribution in [0.25, 0.3) is 0 Å². The van der Waals surface area contributed by atoms with Crippen LogP contribution in [0.15, 0.2) is 42.5 Å². The van der Waals surface area contributed by atoms with Crippen molar-refractivity contribution >= 4 is 0 Å². The van der Waals surface area contributed by atoms with Gasteiger partial charge >= 0.3 is 0 Å². The molecule has 0 radical (unpaired) electrons. The van der Waals surface area contributed by atoms with E-state index >= 15 is 0 Å². The lowest BCUT2D eigenvalue weighted by Crippen LogP contribution is -2.19. The minimum atomic E-state index is -0.578. The molecule has 1 unspecified atom stereocenters. The SMILES string of the molecule is CC(NCc1ccc(C#N)cc1)c1ccc(F)cc1F. The molecule has 20 heavy (non-hydrogen) atoms. The van der Waals surface area contributed by atoms with Crippen LogP contribution in [-0.2, 0) is 6.54 Å². The van der Waals surface area contributed by atoms with Crippen LogP contribution in [0.2, 0.25) is 0 Å². The number of hydrogen-bond acceptors (Lipinski definition) is 2. The van der Waals surface area contributed by atoms with Crippen molar-refractivity contribution in [2.75, 3.05) is 0 Å². The Hall–Kier alpha value is -2.25. The molecule has 1 atom stereocenters. The molecule has 4 heteroatoms. The van der Waals surface area contributed by atoms with Gasteiger partial charge in [0.2, 0.25) is 0 Å². The molecular weight excluding hydrogens is 258 g/mol. The molecule has 2 aromatic rings. The molecule has 0 bridgehead atoms. The number of hydrogen-bond donors (Lipinski definition) is 1. The highest BCUT2D eigenvalue weighted by molar-refractivity contribution is 5.31. The Balaban J connectivity index is 2.01. The smallest absolute Gasteiger partial charge is 0.130 e. The summed E-state index contributed by atoms with van der Waals surface area (Å²) in [4.78, 5) is 0. The quantitative estimate of drug-likeness (QED) is 0.921. The lowest BCUT2D eigenvalue weighted by Gasteiger charge is -2.15. The average Bonchev–Trinajstić information content (AvgIpc) is 2.45. The fourth-order valence-corrected chi connectivity index (χ4v) is 1.93. The maximum absolute atomic E-state index is 13.6. The predicted molar refractivity (Wildman–Crippen MR) is 72.8 cm³/mol. The third-order valence-corrected chi connectivity index (χ3v) is 3.12. The lowest BCUT2D eigenvalue weighted by molar-refractivity contribution is 0.518. The fraction of sp³-hybridized carbons (Fsp3) is 0.188. The van der Waals surface area contributed by atoms with Gasteiger partial charge in [0, 0.05) is 24.2 Å². The van der Waals surface area contributed by atoms with Gasteiger partial charge in [-0.3, -0.25) is 0 Å². The normalized spacial score (nSPS) is 11.9. The molecule has 0 aromatic heterocycles. The molecule has 102 valence electrons. The Bertz CT molecular complexity index is 630. The van der Waals surface area contributed by atoms with Crippen LogP contribution < -0.4 is 5.32 Å². The summed E-state index contributed by atoms with van der Waals surface area (Å²) in [6, 6.07) is 12.6. The Kier molecular flexibility index (Phi) is 4.44. The average molecular weight is 272 g/mol. The van der Waals surface area contributed by atoms with Crippen LogP contribution in [0.5, 0.6) is 0 Å². The van der Waals surface area contributed by atoms with E-state index in [2.05, 4.69) is 11.4 Å². The summed E-state index contributed by atoms with van der Waals surface area (Å²) >= 11 is 0. The number of benzene rings is 2. The van der Waals surface area contributed by atoms with Gasteiger partial charge < -0.3 is 5.32 Å². The molecule has 0 aliphatic heterocycles. The van der Waals surface area contributed by atoms with Gasteiger partial charge in [-0.2, -0.15) is 5.26 Å². The standard InChI is InChI=1S/C16H14F2N2/c1-11(15-7-6-14(17)8-16(15)18)20-10-13-4-2-12(9-19)3-5-13/h2-8,11,20H,10H2,1H3. The van der Waals surface area contributed by atoms with Gasteiger partial charge in [0.15, 0.2) is 0 Å². The van der Waals surface area contributed by atoms with Gasteiger partial charge in [-0.05, 0) is 30.7 Å². The summed E-state index contributed by atoms with van der Waals surface area (Å²) in [5.41, 5.74) is 2.03. The van der Waals surface area contributed by atoms with Crippen LogP contribution in [0, 0.1) is 23.0 Å².